The summed E-state index contributed by atoms with van der Waals surface area (Å²) in [6, 6.07) is 9.96. The average Bonchev–Trinajstić information content (AvgIpc) is 2.47. The van der Waals surface area contributed by atoms with Crippen LogP contribution >= 0.6 is 0 Å². The molecule has 112 valence electrons. The number of rotatable bonds is 7. The van der Waals surface area contributed by atoms with Gasteiger partial charge < -0.3 is 15.8 Å². The highest BCUT2D eigenvalue weighted by molar-refractivity contribution is 5.54. The fraction of sp³-hybridized carbons (Fsp3) is 0.375. The summed E-state index contributed by atoms with van der Waals surface area (Å²) in [5.74, 6) is 1.15. The number of hydrogen-bond acceptors (Lipinski definition) is 5. The van der Waals surface area contributed by atoms with E-state index < -0.39 is 0 Å². The first-order chi connectivity index (χ1) is 10.2. The van der Waals surface area contributed by atoms with Crippen molar-refractivity contribution in [3.63, 3.8) is 0 Å². The maximum atomic E-state index is 5.56. The van der Waals surface area contributed by atoms with Gasteiger partial charge in [0.25, 0.3) is 0 Å². The van der Waals surface area contributed by atoms with Gasteiger partial charge in [-0.1, -0.05) is 19.1 Å². The molecule has 0 spiro atoms. The SMILES string of the molecule is CCCOc1cc(C)nc(Nc2ccc(CCN)cc2)n1. The largest absolute Gasteiger partial charge is 0.478 e. The van der Waals surface area contributed by atoms with Crippen molar-refractivity contribution < 1.29 is 4.74 Å². The van der Waals surface area contributed by atoms with Crippen molar-refractivity contribution in [2.24, 2.45) is 5.73 Å². The molecule has 1 aromatic heterocycles. The normalized spacial score (nSPS) is 10.4. The van der Waals surface area contributed by atoms with Crippen LogP contribution in [-0.4, -0.2) is 23.1 Å². The monoisotopic (exact) mass is 286 g/mol. The molecule has 2 aromatic rings. The van der Waals surface area contributed by atoms with E-state index in [1.165, 1.54) is 5.56 Å². The summed E-state index contributed by atoms with van der Waals surface area (Å²) in [4.78, 5) is 8.73. The summed E-state index contributed by atoms with van der Waals surface area (Å²) in [7, 11) is 0. The summed E-state index contributed by atoms with van der Waals surface area (Å²) in [6.45, 7) is 5.31. The molecule has 21 heavy (non-hydrogen) atoms. The molecule has 0 saturated heterocycles. The summed E-state index contributed by atoms with van der Waals surface area (Å²) in [5.41, 5.74) is 8.59. The van der Waals surface area contributed by atoms with Gasteiger partial charge in [-0.05, 0) is 44.0 Å². The summed E-state index contributed by atoms with van der Waals surface area (Å²) in [5, 5.41) is 3.20. The van der Waals surface area contributed by atoms with E-state index in [2.05, 4.69) is 34.3 Å². The van der Waals surface area contributed by atoms with Gasteiger partial charge in [0.15, 0.2) is 0 Å². The van der Waals surface area contributed by atoms with Crippen LogP contribution in [0.2, 0.25) is 0 Å². The van der Waals surface area contributed by atoms with Gasteiger partial charge in [0.2, 0.25) is 11.8 Å². The van der Waals surface area contributed by atoms with E-state index in [1.54, 1.807) is 0 Å². The van der Waals surface area contributed by atoms with E-state index in [9.17, 15) is 0 Å². The standard InChI is InChI=1S/C16H22N4O/c1-3-10-21-15-11-12(2)18-16(20-15)19-14-6-4-13(5-7-14)8-9-17/h4-7,11H,3,8-10,17H2,1-2H3,(H,18,19,20). The molecule has 0 amide bonds. The number of hydrogen-bond donors (Lipinski definition) is 2. The lowest BCUT2D eigenvalue weighted by molar-refractivity contribution is 0.305. The Hall–Kier alpha value is -2.14. The zero-order valence-electron chi connectivity index (χ0n) is 12.6. The van der Waals surface area contributed by atoms with Gasteiger partial charge in [0, 0.05) is 17.4 Å². The van der Waals surface area contributed by atoms with Gasteiger partial charge in [-0.2, -0.15) is 4.98 Å². The van der Waals surface area contributed by atoms with E-state index in [0.29, 0.717) is 25.0 Å². The number of ether oxygens (including phenoxy) is 1. The van der Waals surface area contributed by atoms with Crippen LogP contribution in [0, 0.1) is 6.92 Å². The fourth-order valence-corrected chi connectivity index (χ4v) is 1.93. The second-order valence-corrected chi connectivity index (χ2v) is 4.88. The molecule has 0 aliphatic carbocycles. The Labute approximate surface area is 125 Å². The van der Waals surface area contributed by atoms with Gasteiger partial charge in [0.1, 0.15) is 0 Å². The molecule has 0 bridgehead atoms. The van der Waals surface area contributed by atoms with Crippen molar-refractivity contribution >= 4 is 11.6 Å². The maximum absolute atomic E-state index is 5.56. The second kappa shape index (κ2) is 7.59. The van der Waals surface area contributed by atoms with Crippen molar-refractivity contribution in [2.45, 2.75) is 26.7 Å². The predicted octanol–water partition coefficient (Wildman–Crippen LogP) is 2.82. The highest BCUT2D eigenvalue weighted by Gasteiger charge is 2.04. The van der Waals surface area contributed by atoms with Gasteiger partial charge in [-0.25, -0.2) is 4.98 Å². The van der Waals surface area contributed by atoms with Gasteiger partial charge in [-0.15, -0.1) is 0 Å². The Morgan fingerprint density at radius 1 is 1.19 bits per heavy atom. The van der Waals surface area contributed by atoms with E-state index in [4.69, 9.17) is 10.5 Å². The molecular formula is C16H22N4O. The van der Waals surface area contributed by atoms with Crippen LogP contribution in [0.15, 0.2) is 30.3 Å². The minimum Gasteiger partial charge on any atom is -0.478 e. The highest BCUT2D eigenvalue weighted by Crippen LogP contribution is 2.17. The molecule has 3 N–H and O–H groups in total. The van der Waals surface area contributed by atoms with E-state index in [0.717, 1.165) is 24.2 Å². The van der Waals surface area contributed by atoms with Crippen LogP contribution in [0.4, 0.5) is 11.6 Å². The van der Waals surface area contributed by atoms with Gasteiger partial charge >= 0.3 is 0 Å². The Bertz CT molecular complexity index is 569. The molecule has 0 unspecified atom stereocenters. The van der Waals surface area contributed by atoms with Crippen LogP contribution in [0.25, 0.3) is 0 Å². The minimum atomic E-state index is 0.549. The number of benzene rings is 1. The Balaban J connectivity index is 2.09. The number of nitrogens with two attached hydrogens (primary N) is 1. The first-order valence-electron chi connectivity index (χ1n) is 7.25. The number of anilines is 2. The zero-order valence-corrected chi connectivity index (χ0v) is 12.6. The summed E-state index contributed by atoms with van der Waals surface area (Å²) in [6.07, 6.45) is 1.84. The zero-order chi connectivity index (χ0) is 15.1. The van der Waals surface area contributed by atoms with E-state index >= 15 is 0 Å². The molecule has 1 aromatic carbocycles. The Kier molecular flexibility index (Phi) is 5.51. The molecule has 5 heteroatoms. The van der Waals surface area contributed by atoms with Crippen LogP contribution in [-0.2, 0) is 6.42 Å². The fourth-order valence-electron chi connectivity index (χ4n) is 1.93. The lowest BCUT2D eigenvalue weighted by Crippen LogP contribution is -2.04. The number of aromatic nitrogens is 2. The molecule has 1 heterocycles. The van der Waals surface area contributed by atoms with Crippen molar-refractivity contribution in [2.75, 3.05) is 18.5 Å². The maximum Gasteiger partial charge on any atom is 0.230 e. The third-order valence-electron chi connectivity index (χ3n) is 2.93. The van der Waals surface area contributed by atoms with Gasteiger partial charge in [0.05, 0.1) is 6.61 Å². The quantitative estimate of drug-likeness (QED) is 0.818. The molecule has 0 fully saturated rings. The molecular weight excluding hydrogens is 264 g/mol. The summed E-state index contributed by atoms with van der Waals surface area (Å²) >= 11 is 0. The molecule has 0 atom stereocenters. The molecule has 0 radical (unpaired) electrons. The van der Waals surface area contributed by atoms with E-state index in [1.807, 2.05) is 25.1 Å². The highest BCUT2D eigenvalue weighted by atomic mass is 16.5. The Morgan fingerprint density at radius 3 is 2.62 bits per heavy atom. The molecule has 0 aliphatic heterocycles. The Morgan fingerprint density at radius 2 is 1.95 bits per heavy atom. The second-order valence-electron chi connectivity index (χ2n) is 4.88. The smallest absolute Gasteiger partial charge is 0.230 e. The average molecular weight is 286 g/mol. The third-order valence-corrected chi connectivity index (χ3v) is 2.93. The number of nitrogens with zero attached hydrogens (tertiary/aromatic N) is 2. The first kappa shape index (κ1) is 15.3. The summed E-state index contributed by atoms with van der Waals surface area (Å²) < 4.78 is 5.56. The van der Waals surface area contributed by atoms with Crippen molar-refractivity contribution in [3.8, 4) is 5.88 Å². The van der Waals surface area contributed by atoms with Crippen molar-refractivity contribution in [1.82, 2.24) is 9.97 Å². The molecule has 0 aliphatic rings. The predicted molar refractivity (Wildman–Crippen MR) is 85.0 cm³/mol. The number of aryl methyl sites for hydroxylation is 1. The van der Waals surface area contributed by atoms with Gasteiger partial charge in [-0.3, -0.25) is 0 Å². The van der Waals surface area contributed by atoms with Crippen LogP contribution < -0.4 is 15.8 Å². The minimum absolute atomic E-state index is 0.549. The molecule has 0 saturated carbocycles. The lowest BCUT2D eigenvalue weighted by Gasteiger charge is -2.09. The van der Waals surface area contributed by atoms with Crippen LogP contribution in [0.3, 0.4) is 0 Å². The van der Waals surface area contributed by atoms with Crippen LogP contribution in [0.1, 0.15) is 24.6 Å². The van der Waals surface area contributed by atoms with Crippen molar-refractivity contribution in [3.05, 3.63) is 41.6 Å². The van der Waals surface area contributed by atoms with Crippen LogP contribution in [0.5, 0.6) is 5.88 Å². The molecule has 2 rings (SSSR count). The first-order valence-corrected chi connectivity index (χ1v) is 7.25. The molecule has 5 nitrogen and oxygen atoms in total. The van der Waals surface area contributed by atoms with Crippen molar-refractivity contribution in [1.29, 1.82) is 0 Å². The number of nitrogens with one attached hydrogen (secondary N) is 1. The topological polar surface area (TPSA) is 73.1 Å². The third kappa shape index (κ3) is 4.72. The van der Waals surface area contributed by atoms with E-state index in [-0.39, 0.29) is 0 Å². The lowest BCUT2D eigenvalue weighted by atomic mass is 10.1.